The number of nitrogens with zero attached hydrogens (tertiary/aromatic N) is 1. The molecule has 6 heteroatoms. The molecule has 0 heterocycles. The SMILES string of the molecule is CO.O=[N+]([O-])[O-].[La]. The molecule has 0 saturated heterocycles. The summed E-state index contributed by atoms with van der Waals surface area (Å²) >= 11 is 0. The van der Waals surface area contributed by atoms with Crippen molar-refractivity contribution in [1.82, 2.24) is 0 Å². The van der Waals surface area contributed by atoms with E-state index in [9.17, 15) is 0 Å². The predicted molar refractivity (Wildman–Crippen MR) is 18.5 cm³/mol. The summed E-state index contributed by atoms with van der Waals surface area (Å²) in [5.41, 5.74) is 0. The Morgan fingerprint density at radius 2 is 1.43 bits per heavy atom. The van der Waals surface area contributed by atoms with Gasteiger partial charge < -0.3 is 20.4 Å². The second-order valence-electron chi connectivity index (χ2n) is 0.224. The van der Waals surface area contributed by atoms with Crippen LogP contribution in [-0.4, -0.2) is 17.3 Å². The Labute approximate surface area is 68.0 Å². The minimum Gasteiger partial charge on any atom is -0.400 e. The molecule has 0 rings (SSSR count). The van der Waals surface area contributed by atoms with E-state index in [1.54, 1.807) is 0 Å². The van der Waals surface area contributed by atoms with Crippen molar-refractivity contribution in [2.24, 2.45) is 0 Å². The molecule has 0 unspecified atom stereocenters. The first-order chi connectivity index (χ1) is 2.73. The summed E-state index contributed by atoms with van der Waals surface area (Å²) in [7, 11) is 1.00. The van der Waals surface area contributed by atoms with Gasteiger partial charge in [-0.2, -0.15) is 0 Å². The fraction of sp³-hybridized carbons (Fsp3) is 1.00. The third-order valence-corrected chi connectivity index (χ3v) is 0. The zero-order chi connectivity index (χ0) is 5.58. The van der Waals surface area contributed by atoms with Crippen LogP contribution in [0.25, 0.3) is 0 Å². The summed E-state index contributed by atoms with van der Waals surface area (Å²) in [4.78, 5) is 8.25. The van der Waals surface area contributed by atoms with Gasteiger partial charge in [-0.05, 0) is 0 Å². The van der Waals surface area contributed by atoms with Gasteiger partial charge in [-0.1, -0.05) is 0 Å². The normalized spacial score (nSPS) is 4.29. The van der Waals surface area contributed by atoms with E-state index < -0.39 is 5.09 Å². The zero-order valence-corrected chi connectivity index (χ0v) is 7.32. The molecule has 0 aliphatic rings. The molecular weight excluding hydrogens is 229 g/mol. The fourth-order valence-electron chi connectivity index (χ4n) is 0. The number of aliphatic hydroxyl groups is 1. The van der Waals surface area contributed by atoms with Crippen LogP contribution in [0.5, 0.6) is 0 Å². The molecule has 0 fully saturated rings. The molecule has 0 amide bonds. The van der Waals surface area contributed by atoms with Gasteiger partial charge in [0.05, 0.1) is 5.09 Å². The van der Waals surface area contributed by atoms with E-state index in [0.29, 0.717) is 0 Å². The first-order valence-electron chi connectivity index (χ1n) is 0.995. The molecular formula is CH4LaNO4-. The van der Waals surface area contributed by atoms with E-state index in [1.807, 2.05) is 0 Å². The van der Waals surface area contributed by atoms with Crippen LogP contribution in [-0.2, 0) is 0 Å². The first kappa shape index (κ1) is 15.7. The van der Waals surface area contributed by atoms with Gasteiger partial charge in [-0.25, -0.2) is 0 Å². The van der Waals surface area contributed by atoms with Crippen LogP contribution in [0.4, 0.5) is 0 Å². The Morgan fingerprint density at radius 3 is 1.43 bits per heavy atom. The van der Waals surface area contributed by atoms with E-state index in [0.717, 1.165) is 7.11 Å². The maximum atomic E-state index is 8.25. The standard InChI is InChI=1S/CH4O.La.NO3/c1-2;;2-1(3)4/h2H,1H3;;/q;;-1. The Hall–Kier alpha value is 0.355. The van der Waals surface area contributed by atoms with Gasteiger partial charge in [0.1, 0.15) is 0 Å². The largest absolute Gasteiger partial charge is 0.400 e. The topological polar surface area (TPSA) is 86.4 Å². The van der Waals surface area contributed by atoms with Gasteiger partial charge in [-0.3, -0.25) is 0 Å². The molecule has 0 atom stereocenters. The monoisotopic (exact) mass is 233 g/mol. The van der Waals surface area contributed by atoms with Gasteiger partial charge in [0, 0.05) is 42.7 Å². The third kappa shape index (κ3) is 957. The Kier molecular flexibility index (Phi) is 36.2. The molecule has 0 aliphatic heterocycles. The van der Waals surface area contributed by atoms with E-state index in [-0.39, 0.29) is 35.6 Å². The van der Waals surface area contributed by atoms with Crippen LogP contribution >= 0.6 is 0 Å². The second kappa shape index (κ2) is 16.2. The van der Waals surface area contributed by atoms with Gasteiger partial charge >= 0.3 is 0 Å². The summed E-state index contributed by atoms with van der Waals surface area (Å²) in [6, 6.07) is 0. The smallest absolute Gasteiger partial charge is 0.0689 e. The average molecular weight is 233 g/mol. The molecule has 1 radical (unpaired) electrons. The van der Waals surface area contributed by atoms with Crippen LogP contribution in [0.2, 0.25) is 0 Å². The van der Waals surface area contributed by atoms with Crippen molar-refractivity contribution in [3.63, 3.8) is 0 Å². The van der Waals surface area contributed by atoms with Crippen LogP contribution in [0.15, 0.2) is 0 Å². The predicted octanol–water partition coefficient (Wildman–Crippen LogP) is -0.631. The second-order valence-corrected chi connectivity index (χ2v) is 0.224. The average Bonchev–Trinajstić information content (AvgIpc) is 1.41. The van der Waals surface area contributed by atoms with Gasteiger partial charge in [0.15, 0.2) is 0 Å². The quantitative estimate of drug-likeness (QED) is 0.445. The minimum absolute atomic E-state index is 0. The summed E-state index contributed by atoms with van der Waals surface area (Å²) in [6.45, 7) is 0. The molecule has 0 spiro atoms. The third-order valence-electron chi connectivity index (χ3n) is 0. The number of rotatable bonds is 0. The molecule has 0 aliphatic carbocycles. The molecule has 0 aromatic heterocycles. The molecule has 0 bridgehead atoms. The van der Waals surface area contributed by atoms with Gasteiger partial charge in [0.25, 0.3) is 0 Å². The molecule has 5 nitrogen and oxygen atoms in total. The van der Waals surface area contributed by atoms with E-state index in [4.69, 9.17) is 20.4 Å². The maximum Gasteiger partial charge on any atom is 0.0689 e. The van der Waals surface area contributed by atoms with Crippen molar-refractivity contribution in [2.75, 3.05) is 7.11 Å². The molecule has 41 valence electrons. The van der Waals surface area contributed by atoms with Crippen LogP contribution < -0.4 is 0 Å². The molecule has 0 saturated carbocycles. The van der Waals surface area contributed by atoms with Crippen molar-refractivity contribution in [2.45, 2.75) is 0 Å². The number of aliphatic hydroxyl groups excluding tert-OH is 1. The summed E-state index contributed by atoms with van der Waals surface area (Å²) in [6.07, 6.45) is 0. The summed E-state index contributed by atoms with van der Waals surface area (Å²) in [5, 5.41) is 21.8. The van der Waals surface area contributed by atoms with Crippen molar-refractivity contribution in [3.05, 3.63) is 15.3 Å². The summed E-state index contributed by atoms with van der Waals surface area (Å²) < 4.78 is 0. The Balaban J connectivity index is -0.0000000480. The fourth-order valence-corrected chi connectivity index (χ4v) is 0. The van der Waals surface area contributed by atoms with Crippen LogP contribution in [0, 0.1) is 50.9 Å². The van der Waals surface area contributed by atoms with Crippen LogP contribution in [0.3, 0.4) is 0 Å². The molecule has 0 aromatic carbocycles. The van der Waals surface area contributed by atoms with E-state index in [1.165, 1.54) is 0 Å². The van der Waals surface area contributed by atoms with Crippen molar-refractivity contribution in [1.29, 1.82) is 0 Å². The number of hydrogen-bond donors (Lipinski definition) is 1. The van der Waals surface area contributed by atoms with Crippen LogP contribution in [0.1, 0.15) is 0 Å². The van der Waals surface area contributed by atoms with Crippen molar-refractivity contribution in [3.8, 4) is 0 Å². The summed E-state index contributed by atoms with van der Waals surface area (Å²) in [5.74, 6) is 0. The molecule has 7 heavy (non-hydrogen) atoms. The minimum atomic E-state index is -1.75. The zero-order valence-electron chi connectivity index (χ0n) is 3.70. The van der Waals surface area contributed by atoms with Gasteiger partial charge in [-0.15, -0.1) is 0 Å². The first-order valence-corrected chi connectivity index (χ1v) is 0.995. The van der Waals surface area contributed by atoms with Gasteiger partial charge in [0.2, 0.25) is 0 Å². The Morgan fingerprint density at radius 1 is 1.43 bits per heavy atom. The van der Waals surface area contributed by atoms with Crippen molar-refractivity contribution < 1.29 is 45.8 Å². The molecule has 1 N–H and O–H groups in total. The van der Waals surface area contributed by atoms with E-state index in [2.05, 4.69) is 0 Å². The Bertz CT molecular complexity index is 34.7. The molecule has 0 aromatic rings. The van der Waals surface area contributed by atoms with Crippen molar-refractivity contribution >= 4 is 0 Å². The maximum absolute atomic E-state index is 8.25. The number of hydrogen-bond acceptors (Lipinski definition) is 4. The van der Waals surface area contributed by atoms with E-state index >= 15 is 0 Å².